The third-order valence-corrected chi connectivity index (χ3v) is 4.15. The van der Waals surface area contributed by atoms with Crippen molar-refractivity contribution in [1.29, 1.82) is 0 Å². The summed E-state index contributed by atoms with van der Waals surface area (Å²) in [4.78, 5) is 12.0. The van der Waals surface area contributed by atoms with Crippen molar-refractivity contribution in [2.75, 3.05) is 13.2 Å². The Morgan fingerprint density at radius 3 is 2.77 bits per heavy atom. The molecule has 1 aliphatic heterocycles. The van der Waals surface area contributed by atoms with E-state index in [4.69, 9.17) is 4.74 Å². The van der Waals surface area contributed by atoms with Gasteiger partial charge in [0.25, 0.3) is 0 Å². The van der Waals surface area contributed by atoms with Crippen LogP contribution in [0.15, 0.2) is 24.3 Å². The van der Waals surface area contributed by atoms with Crippen LogP contribution >= 0.6 is 0 Å². The van der Waals surface area contributed by atoms with Crippen molar-refractivity contribution >= 4 is 6.03 Å². The summed E-state index contributed by atoms with van der Waals surface area (Å²) in [5.41, 5.74) is 0.877. The van der Waals surface area contributed by atoms with Crippen molar-refractivity contribution in [2.24, 2.45) is 5.41 Å². The van der Waals surface area contributed by atoms with Gasteiger partial charge in [-0.2, -0.15) is 0 Å². The van der Waals surface area contributed by atoms with Crippen LogP contribution in [0.3, 0.4) is 0 Å². The van der Waals surface area contributed by atoms with Gasteiger partial charge < -0.3 is 20.5 Å². The lowest BCUT2D eigenvalue weighted by Crippen LogP contribution is -2.47. The Morgan fingerprint density at radius 1 is 1.41 bits per heavy atom. The first kappa shape index (κ1) is 16.6. The van der Waals surface area contributed by atoms with Crippen LogP contribution in [0.25, 0.3) is 0 Å². The van der Waals surface area contributed by atoms with Gasteiger partial charge in [0.1, 0.15) is 5.75 Å². The molecule has 0 saturated carbocycles. The van der Waals surface area contributed by atoms with Gasteiger partial charge in [-0.25, -0.2) is 4.79 Å². The molecule has 3 unspecified atom stereocenters. The van der Waals surface area contributed by atoms with Gasteiger partial charge >= 0.3 is 6.03 Å². The lowest BCUT2D eigenvalue weighted by atomic mass is 9.89. The van der Waals surface area contributed by atoms with E-state index in [0.29, 0.717) is 6.61 Å². The molecule has 3 N–H and O–H groups in total. The Labute approximate surface area is 132 Å². The highest BCUT2D eigenvalue weighted by atomic mass is 16.5. The van der Waals surface area contributed by atoms with Gasteiger partial charge in [0.15, 0.2) is 0 Å². The molecule has 1 aromatic rings. The Bertz CT molecular complexity index is 525. The van der Waals surface area contributed by atoms with E-state index in [9.17, 15) is 9.90 Å². The quantitative estimate of drug-likeness (QED) is 0.799. The molecule has 0 saturated heterocycles. The van der Waals surface area contributed by atoms with E-state index in [2.05, 4.69) is 10.6 Å². The summed E-state index contributed by atoms with van der Waals surface area (Å²) in [5, 5.41) is 15.6. The van der Waals surface area contributed by atoms with Crippen LogP contribution < -0.4 is 15.4 Å². The number of fused-ring (bicyclic) bond motifs is 1. The fourth-order valence-corrected chi connectivity index (χ4v) is 2.46. The highest BCUT2D eigenvalue weighted by Gasteiger charge is 2.29. The lowest BCUT2D eigenvalue weighted by Gasteiger charge is -2.26. The summed E-state index contributed by atoms with van der Waals surface area (Å²) < 4.78 is 5.64. The van der Waals surface area contributed by atoms with Gasteiger partial charge in [-0.3, -0.25) is 0 Å². The summed E-state index contributed by atoms with van der Waals surface area (Å²) in [5.74, 6) is 1.04. The average molecular weight is 306 g/mol. The SMILES string of the molecule is CC(NC(=O)NCC(O)C(C)(C)C)C1COc2ccccc21. The molecule has 5 nitrogen and oxygen atoms in total. The van der Waals surface area contributed by atoms with Gasteiger partial charge in [0, 0.05) is 24.1 Å². The van der Waals surface area contributed by atoms with Gasteiger partial charge in [0.2, 0.25) is 0 Å². The van der Waals surface area contributed by atoms with Crippen LogP contribution in [-0.4, -0.2) is 36.4 Å². The summed E-state index contributed by atoms with van der Waals surface area (Å²) in [6.45, 7) is 8.59. The predicted molar refractivity (Wildman–Crippen MR) is 86.1 cm³/mol. The average Bonchev–Trinajstić information content (AvgIpc) is 2.87. The largest absolute Gasteiger partial charge is 0.493 e. The van der Waals surface area contributed by atoms with Crippen molar-refractivity contribution in [3.63, 3.8) is 0 Å². The first-order valence-corrected chi connectivity index (χ1v) is 7.73. The molecule has 0 aromatic heterocycles. The summed E-state index contributed by atoms with van der Waals surface area (Å²) >= 11 is 0. The Morgan fingerprint density at radius 2 is 2.09 bits per heavy atom. The van der Waals surface area contributed by atoms with Crippen molar-refractivity contribution in [3.8, 4) is 5.75 Å². The van der Waals surface area contributed by atoms with Gasteiger partial charge in [-0.15, -0.1) is 0 Å². The molecule has 5 heteroatoms. The monoisotopic (exact) mass is 306 g/mol. The molecular weight excluding hydrogens is 280 g/mol. The molecule has 1 aliphatic rings. The maximum atomic E-state index is 12.0. The van der Waals surface area contributed by atoms with Crippen LogP contribution in [0, 0.1) is 5.41 Å². The van der Waals surface area contributed by atoms with E-state index in [1.54, 1.807) is 0 Å². The van der Waals surface area contributed by atoms with Crippen LogP contribution in [-0.2, 0) is 0 Å². The number of carbonyl (C=O) groups is 1. The molecule has 1 heterocycles. The number of nitrogens with one attached hydrogen (secondary N) is 2. The van der Waals surface area contributed by atoms with Crippen LogP contribution in [0.2, 0.25) is 0 Å². The molecule has 0 bridgehead atoms. The van der Waals surface area contributed by atoms with E-state index in [1.807, 2.05) is 52.0 Å². The number of hydrogen-bond acceptors (Lipinski definition) is 3. The molecule has 0 fully saturated rings. The molecule has 122 valence electrons. The number of amides is 2. The first-order valence-electron chi connectivity index (χ1n) is 7.73. The van der Waals surface area contributed by atoms with Crippen LogP contribution in [0.4, 0.5) is 4.79 Å². The number of rotatable bonds is 4. The van der Waals surface area contributed by atoms with Gasteiger partial charge in [0.05, 0.1) is 12.7 Å². The van der Waals surface area contributed by atoms with E-state index in [1.165, 1.54) is 0 Å². The minimum absolute atomic E-state index is 0.0459. The third kappa shape index (κ3) is 3.91. The molecule has 0 spiro atoms. The Balaban J connectivity index is 1.85. The summed E-state index contributed by atoms with van der Waals surface area (Å²) in [7, 11) is 0. The highest BCUT2D eigenvalue weighted by molar-refractivity contribution is 5.74. The maximum Gasteiger partial charge on any atom is 0.315 e. The number of aliphatic hydroxyl groups excluding tert-OH is 1. The molecule has 3 atom stereocenters. The fourth-order valence-electron chi connectivity index (χ4n) is 2.46. The first-order chi connectivity index (χ1) is 10.3. The van der Waals surface area contributed by atoms with E-state index in [0.717, 1.165) is 11.3 Å². The van der Waals surface area contributed by atoms with Crippen LogP contribution in [0.5, 0.6) is 5.75 Å². The molecule has 2 rings (SSSR count). The van der Waals surface area contributed by atoms with Gasteiger partial charge in [-0.05, 0) is 18.4 Å². The van der Waals surface area contributed by atoms with E-state index >= 15 is 0 Å². The van der Waals surface area contributed by atoms with Crippen molar-refractivity contribution < 1.29 is 14.6 Å². The lowest BCUT2D eigenvalue weighted by molar-refractivity contribution is 0.0648. The predicted octanol–water partition coefficient (Wildman–Crippen LogP) is 2.26. The molecule has 2 amide bonds. The smallest absolute Gasteiger partial charge is 0.315 e. The zero-order valence-corrected chi connectivity index (χ0v) is 13.7. The molecule has 0 radical (unpaired) electrons. The number of urea groups is 1. The number of carbonyl (C=O) groups excluding carboxylic acids is 1. The number of para-hydroxylation sites is 1. The second-order valence-corrected chi connectivity index (χ2v) is 6.98. The minimum Gasteiger partial charge on any atom is -0.493 e. The number of hydrogen-bond donors (Lipinski definition) is 3. The molecule has 22 heavy (non-hydrogen) atoms. The van der Waals surface area contributed by atoms with Crippen molar-refractivity contribution in [1.82, 2.24) is 10.6 Å². The Hall–Kier alpha value is -1.75. The number of benzene rings is 1. The highest BCUT2D eigenvalue weighted by Crippen LogP contribution is 2.35. The van der Waals surface area contributed by atoms with Crippen molar-refractivity contribution in [2.45, 2.75) is 45.8 Å². The van der Waals surface area contributed by atoms with Crippen LogP contribution in [0.1, 0.15) is 39.2 Å². The molecular formula is C17H26N2O3. The zero-order chi connectivity index (χ0) is 16.3. The fraction of sp³-hybridized carbons (Fsp3) is 0.588. The van der Waals surface area contributed by atoms with Crippen molar-refractivity contribution in [3.05, 3.63) is 29.8 Å². The topological polar surface area (TPSA) is 70.6 Å². The molecule has 1 aromatic carbocycles. The Kier molecular flexibility index (Phi) is 4.96. The second kappa shape index (κ2) is 6.57. The number of ether oxygens (including phenoxy) is 1. The number of aliphatic hydroxyl groups is 1. The third-order valence-electron chi connectivity index (χ3n) is 4.15. The standard InChI is InChI=1S/C17H26N2O3/c1-11(13-10-22-14-8-6-5-7-12(13)14)19-16(21)18-9-15(20)17(2,3)4/h5-8,11,13,15,20H,9-10H2,1-4H3,(H2,18,19,21). The normalized spacial score (nSPS) is 19.8. The molecule has 0 aliphatic carbocycles. The summed E-state index contributed by atoms with van der Waals surface area (Å²) in [6.07, 6.45) is -0.580. The van der Waals surface area contributed by atoms with Gasteiger partial charge in [-0.1, -0.05) is 39.0 Å². The minimum atomic E-state index is -0.580. The van der Waals surface area contributed by atoms with E-state index in [-0.39, 0.29) is 30.0 Å². The maximum absolute atomic E-state index is 12.0. The zero-order valence-electron chi connectivity index (χ0n) is 13.7. The second-order valence-electron chi connectivity index (χ2n) is 6.98. The summed E-state index contributed by atoms with van der Waals surface area (Å²) in [6, 6.07) is 7.59. The van der Waals surface area contributed by atoms with E-state index < -0.39 is 6.10 Å².